The number of rotatable bonds is 4. The molecule has 4 nitrogen and oxygen atoms in total. The first-order valence-electron chi connectivity index (χ1n) is 7.09. The van der Waals surface area contributed by atoms with Crippen LogP contribution in [0.5, 0.6) is 0 Å². The maximum atomic E-state index is 11.8. The SMILES string of the molecule is CCNC(=O)c1cccc(NC2CCCC(N)C2)c1. The molecule has 4 heteroatoms. The number of amides is 1. The number of nitrogens with one attached hydrogen (secondary N) is 2. The molecule has 1 saturated carbocycles. The van der Waals surface area contributed by atoms with Gasteiger partial charge in [0.15, 0.2) is 0 Å². The zero-order valence-electron chi connectivity index (χ0n) is 11.5. The van der Waals surface area contributed by atoms with Gasteiger partial charge < -0.3 is 16.4 Å². The van der Waals surface area contributed by atoms with E-state index in [0.717, 1.165) is 24.9 Å². The Labute approximate surface area is 114 Å². The Bertz CT molecular complexity index is 433. The zero-order valence-corrected chi connectivity index (χ0v) is 11.5. The monoisotopic (exact) mass is 261 g/mol. The van der Waals surface area contributed by atoms with Gasteiger partial charge in [-0.15, -0.1) is 0 Å². The number of hydrogen-bond donors (Lipinski definition) is 3. The van der Waals surface area contributed by atoms with Gasteiger partial charge in [-0.05, 0) is 50.8 Å². The van der Waals surface area contributed by atoms with Crippen LogP contribution in [0.15, 0.2) is 24.3 Å². The first kappa shape index (κ1) is 13.9. The molecule has 0 spiro atoms. The molecule has 0 heterocycles. The van der Waals surface area contributed by atoms with Crippen molar-refractivity contribution in [3.8, 4) is 0 Å². The van der Waals surface area contributed by atoms with Crippen LogP contribution < -0.4 is 16.4 Å². The molecule has 0 radical (unpaired) electrons. The van der Waals surface area contributed by atoms with Crippen LogP contribution in [0, 0.1) is 0 Å². The van der Waals surface area contributed by atoms with Crippen molar-refractivity contribution in [2.24, 2.45) is 5.73 Å². The molecule has 2 unspecified atom stereocenters. The highest BCUT2D eigenvalue weighted by molar-refractivity contribution is 5.95. The Hall–Kier alpha value is -1.55. The highest BCUT2D eigenvalue weighted by Gasteiger charge is 2.19. The van der Waals surface area contributed by atoms with Gasteiger partial charge in [-0.1, -0.05) is 6.07 Å². The molecule has 0 saturated heterocycles. The first-order chi connectivity index (χ1) is 9.19. The Balaban J connectivity index is 2.00. The smallest absolute Gasteiger partial charge is 0.251 e. The Morgan fingerprint density at radius 2 is 2.26 bits per heavy atom. The van der Waals surface area contributed by atoms with E-state index in [-0.39, 0.29) is 5.91 Å². The van der Waals surface area contributed by atoms with Crippen LogP contribution in [-0.4, -0.2) is 24.5 Å². The van der Waals surface area contributed by atoms with Crippen LogP contribution in [0.2, 0.25) is 0 Å². The largest absolute Gasteiger partial charge is 0.382 e. The average molecular weight is 261 g/mol. The van der Waals surface area contributed by atoms with Crippen LogP contribution in [0.3, 0.4) is 0 Å². The lowest BCUT2D eigenvalue weighted by molar-refractivity contribution is 0.0956. The number of carbonyl (C=O) groups is 1. The zero-order chi connectivity index (χ0) is 13.7. The summed E-state index contributed by atoms with van der Waals surface area (Å²) in [6, 6.07) is 8.39. The normalized spacial score (nSPS) is 22.8. The van der Waals surface area contributed by atoms with Crippen LogP contribution >= 0.6 is 0 Å². The minimum Gasteiger partial charge on any atom is -0.382 e. The molecular weight excluding hydrogens is 238 g/mol. The molecule has 1 aliphatic carbocycles. The number of benzene rings is 1. The molecule has 0 aliphatic heterocycles. The summed E-state index contributed by atoms with van der Waals surface area (Å²) >= 11 is 0. The van der Waals surface area contributed by atoms with E-state index in [4.69, 9.17) is 5.73 Å². The van der Waals surface area contributed by atoms with E-state index in [0.29, 0.717) is 24.2 Å². The fourth-order valence-electron chi connectivity index (χ4n) is 2.61. The third-order valence-corrected chi connectivity index (χ3v) is 3.55. The number of hydrogen-bond acceptors (Lipinski definition) is 3. The second kappa shape index (κ2) is 6.57. The Morgan fingerprint density at radius 1 is 1.42 bits per heavy atom. The second-order valence-corrected chi connectivity index (χ2v) is 5.21. The lowest BCUT2D eigenvalue weighted by Gasteiger charge is -2.28. The van der Waals surface area contributed by atoms with E-state index in [9.17, 15) is 4.79 Å². The predicted octanol–water partition coefficient (Wildman–Crippen LogP) is 2.12. The Morgan fingerprint density at radius 3 is 3.00 bits per heavy atom. The van der Waals surface area contributed by atoms with Crippen molar-refractivity contribution < 1.29 is 4.79 Å². The third kappa shape index (κ3) is 3.96. The molecule has 19 heavy (non-hydrogen) atoms. The quantitative estimate of drug-likeness (QED) is 0.777. The van der Waals surface area contributed by atoms with Gasteiger partial charge in [0.2, 0.25) is 0 Å². The fraction of sp³-hybridized carbons (Fsp3) is 0.533. The standard InChI is InChI=1S/C15H23N3O/c1-2-17-15(19)11-5-3-7-13(9-11)18-14-8-4-6-12(16)10-14/h3,5,7,9,12,14,18H,2,4,6,8,10,16H2,1H3,(H,17,19). The van der Waals surface area contributed by atoms with Crippen LogP contribution in [0.25, 0.3) is 0 Å². The summed E-state index contributed by atoms with van der Waals surface area (Å²) in [5.41, 5.74) is 7.70. The summed E-state index contributed by atoms with van der Waals surface area (Å²) in [5.74, 6) is -0.0218. The van der Waals surface area contributed by atoms with Gasteiger partial charge in [-0.2, -0.15) is 0 Å². The molecule has 1 aliphatic rings. The number of anilines is 1. The molecule has 2 atom stereocenters. The van der Waals surface area contributed by atoms with Crippen molar-refractivity contribution in [3.05, 3.63) is 29.8 Å². The van der Waals surface area contributed by atoms with Crippen molar-refractivity contribution >= 4 is 11.6 Å². The van der Waals surface area contributed by atoms with E-state index in [2.05, 4.69) is 10.6 Å². The van der Waals surface area contributed by atoms with Gasteiger partial charge in [0.1, 0.15) is 0 Å². The van der Waals surface area contributed by atoms with Gasteiger partial charge >= 0.3 is 0 Å². The summed E-state index contributed by atoms with van der Waals surface area (Å²) in [6.07, 6.45) is 4.45. The molecule has 0 bridgehead atoms. The van der Waals surface area contributed by atoms with E-state index >= 15 is 0 Å². The molecule has 1 aromatic carbocycles. The molecule has 1 amide bonds. The maximum Gasteiger partial charge on any atom is 0.251 e. The van der Waals surface area contributed by atoms with Crippen LogP contribution in [0.4, 0.5) is 5.69 Å². The van der Waals surface area contributed by atoms with Gasteiger partial charge in [0, 0.05) is 29.9 Å². The minimum atomic E-state index is -0.0218. The highest BCUT2D eigenvalue weighted by atomic mass is 16.1. The fourth-order valence-corrected chi connectivity index (χ4v) is 2.61. The summed E-state index contributed by atoms with van der Waals surface area (Å²) in [7, 11) is 0. The average Bonchev–Trinajstić information content (AvgIpc) is 2.39. The predicted molar refractivity (Wildman–Crippen MR) is 78.3 cm³/mol. The summed E-state index contributed by atoms with van der Waals surface area (Å²) < 4.78 is 0. The highest BCUT2D eigenvalue weighted by Crippen LogP contribution is 2.21. The number of carbonyl (C=O) groups excluding carboxylic acids is 1. The maximum absolute atomic E-state index is 11.8. The first-order valence-corrected chi connectivity index (χ1v) is 7.09. The topological polar surface area (TPSA) is 67.2 Å². The molecule has 0 aromatic heterocycles. The van der Waals surface area contributed by atoms with Crippen LogP contribution in [-0.2, 0) is 0 Å². The van der Waals surface area contributed by atoms with Gasteiger partial charge in [0.05, 0.1) is 0 Å². The molecule has 4 N–H and O–H groups in total. The minimum absolute atomic E-state index is 0.0218. The lowest BCUT2D eigenvalue weighted by atomic mass is 9.91. The van der Waals surface area contributed by atoms with Crippen molar-refractivity contribution in [1.82, 2.24) is 5.32 Å². The van der Waals surface area contributed by atoms with Crippen molar-refractivity contribution in [1.29, 1.82) is 0 Å². The lowest BCUT2D eigenvalue weighted by Crippen LogP contribution is -2.34. The van der Waals surface area contributed by atoms with Gasteiger partial charge in [0.25, 0.3) is 5.91 Å². The van der Waals surface area contributed by atoms with E-state index < -0.39 is 0 Å². The second-order valence-electron chi connectivity index (χ2n) is 5.21. The summed E-state index contributed by atoms with van der Waals surface area (Å²) in [4.78, 5) is 11.8. The summed E-state index contributed by atoms with van der Waals surface area (Å²) in [5, 5.41) is 6.30. The van der Waals surface area contributed by atoms with Crippen LogP contribution in [0.1, 0.15) is 43.0 Å². The van der Waals surface area contributed by atoms with Gasteiger partial charge in [-0.3, -0.25) is 4.79 Å². The third-order valence-electron chi connectivity index (χ3n) is 3.55. The molecule has 1 fully saturated rings. The molecule has 104 valence electrons. The van der Waals surface area contributed by atoms with Gasteiger partial charge in [-0.25, -0.2) is 0 Å². The van der Waals surface area contributed by atoms with E-state index in [1.165, 1.54) is 6.42 Å². The Kier molecular flexibility index (Phi) is 4.80. The molecule has 2 rings (SSSR count). The van der Waals surface area contributed by atoms with Crippen molar-refractivity contribution in [2.75, 3.05) is 11.9 Å². The molecular formula is C15H23N3O. The van der Waals surface area contributed by atoms with Crippen molar-refractivity contribution in [3.63, 3.8) is 0 Å². The van der Waals surface area contributed by atoms with E-state index in [1.54, 1.807) is 0 Å². The summed E-state index contributed by atoms with van der Waals surface area (Å²) in [6.45, 7) is 2.57. The molecule has 1 aromatic rings. The van der Waals surface area contributed by atoms with E-state index in [1.807, 2.05) is 31.2 Å². The van der Waals surface area contributed by atoms with Crippen molar-refractivity contribution in [2.45, 2.75) is 44.7 Å². The number of nitrogens with two attached hydrogens (primary N) is 1.